The van der Waals surface area contributed by atoms with Gasteiger partial charge in [0, 0.05) is 11.1 Å². The van der Waals surface area contributed by atoms with E-state index in [1.54, 1.807) is 12.1 Å². The van der Waals surface area contributed by atoms with Gasteiger partial charge in [0.15, 0.2) is 11.6 Å². The number of carbonyl (C=O) groups excluding carboxylic acids is 2. The Balaban J connectivity index is 3.31. The first-order valence-corrected chi connectivity index (χ1v) is 4.71. The summed E-state index contributed by atoms with van der Waals surface area (Å²) >= 11 is 0. The van der Waals surface area contributed by atoms with E-state index in [1.165, 1.54) is 13.8 Å². The molecule has 0 N–H and O–H groups in total. The predicted octanol–water partition coefficient (Wildman–Crippen LogP) is 2.65. The minimum atomic E-state index is -0.0575. The summed E-state index contributed by atoms with van der Waals surface area (Å²) in [7, 11) is 0. The van der Waals surface area contributed by atoms with E-state index in [1.807, 2.05) is 13.0 Å². The zero-order valence-electron chi connectivity index (χ0n) is 8.76. The highest BCUT2D eigenvalue weighted by molar-refractivity contribution is 6.07. The number of carbonyl (C=O) groups is 2. The van der Waals surface area contributed by atoms with Gasteiger partial charge in [-0.2, -0.15) is 0 Å². The Hall–Kier alpha value is -1.44. The standard InChI is InChI=1S/C12H14O2/c1-4-10-5-6-11(8(2)13)12(7-10)9(3)14/h5-7H,4H2,1-3H3. The Morgan fingerprint density at radius 3 is 2.07 bits per heavy atom. The maximum Gasteiger partial charge on any atom is 0.160 e. The average molecular weight is 190 g/mol. The van der Waals surface area contributed by atoms with Gasteiger partial charge in [0.1, 0.15) is 0 Å². The van der Waals surface area contributed by atoms with Crippen molar-refractivity contribution in [3.63, 3.8) is 0 Å². The highest BCUT2D eigenvalue weighted by Crippen LogP contribution is 2.14. The van der Waals surface area contributed by atoms with Gasteiger partial charge in [-0.1, -0.05) is 19.1 Å². The van der Waals surface area contributed by atoms with Gasteiger partial charge in [-0.15, -0.1) is 0 Å². The van der Waals surface area contributed by atoms with Crippen molar-refractivity contribution in [2.24, 2.45) is 0 Å². The minimum Gasteiger partial charge on any atom is -0.294 e. The number of benzene rings is 1. The van der Waals surface area contributed by atoms with Crippen LogP contribution in [-0.4, -0.2) is 11.6 Å². The van der Waals surface area contributed by atoms with E-state index in [9.17, 15) is 9.59 Å². The van der Waals surface area contributed by atoms with Crippen LogP contribution < -0.4 is 0 Å². The molecule has 0 radical (unpaired) electrons. The summed E-state index contributed by atoms with van der Waals surface area (Å²) in [5.41, 5.74) is 2.15. The molecule has 1 rings (SSSR count). The molecular weight excluding hydrogens is 176 g/mol. The number of rotatable bonds is 3. The zero-order valence-corrected chi connectivity index (χ0v) is 8.76. The fraction of sp³-hybridized carbons (Fsp3) is 0.333. The molecule has 2 heteroatoms. The second-order valence-corrected chi connectivity index (χ2v) is 3.35. The smallest absolute Gasteiger partial charge is 0.160 e. The monoisotopic (exact) mass is 190 g/mol. The molecule has 1 aromatic carbocycles. The molecule has 14 heavy (non-hydrogen) atoms. The third kappa shape index (κ3) is 2.08. The SMILES string of the molecule is CCc1ccc(C(C)=O)c(C(C)=O)c1. The van der Waals surface area contributed by atoms with E-state index < -0.39 is 0 Å². The second-order valence-electron chi connectivity index (χ2n) is 3.35. The Labute approximate surface area is 83.9 Å². The summed E-state index contributed by atoms with van der Waals surface area (Å²) in [4.78, 5) is 22.5. The van der Waals surface area contributed by atoms with E-state index in [0.29, 0.717) is 11.1 Å². The zero-order chi connectivity index (χ0) is 10.7. The van der Waals surface area contributed by atoms with E-state index >= 15 is 0 Å². The first-order chi connectivity index (χ1) is 6.56. The summed E-state index contributed by atoms with van der Waals surface area (Å²) in [6.45, 7) is 4.99. The molecule has 0 aromatic heterocycles. The van der Waals surface area contributed by atoms with Gasteiger partial charge in [-0.3, -0.25) is 9.59 Å². The van der Waals surface area contributed by atoms with Crippen molar-refractivity contribution < 1.29 is 9.59 Å². The number of ketones is 2. The van der Waals surface area contributed by atoms with Gasteiger partial charge in [0.2, 0.25) is 0 Å². The summed E-state index contributed by atoms with van der Waals surface area (Å²) < 4.78 is 0. The molecule has 0 bridgehead atoms. The molecule has 0 saturated carbocycles. The quantitative estimate of drug-likeness (QED) is 0.686. The van der Waals surface area contributed by atoms with Crippen LogP contribution in [0.15, 0.2) is 18.2 Å². The van der Waals surface area contributed by atoms with Crippen LogP contribution in [0.2, 0.25) is 0 Å². The molecular formula is C12H14O2. The normalized spacial score (nSPS) is 9.93. The molecule has 0 unspecified atom stereocenters. The Morgan fingerprint density at radius 2 is 1.64 bits per heavy atom. The van der Waals surface area contributed by atoms with Crippen LogP contribution in [-0.2, 0) is 6.42 Å². The molecule has 0 fully saturated rings. The number of hydrogen-bond donors (Lipinski definition) is 0. The third-order valence-corrected chi connectivity index (χ3v) is 2.25. The van der Waals surface area contributed by atoms with E-state index in [0.717, 1.165) is 12.0 Å². The first kappa shape index (κ1) is 10.6. The van der Waals surface area contributed by atoms with Gasteiger partial charge < -0.3 is 0 Å². The van der Waals surface area contributed by atoms with E-state index in [-0.39, 0.29) is 11.6 Å². The molecule has 0 heterocycles. The van der Waals surface area contributed by atoms with Gasteiger partial charge in [-0.05, 0) is 31.9 Å². The Kier molecular flexibility index (Phi) is 3.18. The van der Waals surface area contributed by atoms with Gasteiger partial charge >= 0.3 is 0 Å². The lowest BCUT2D eigenvalue weighted by atomic mass is 9.98. The molecule has 0 saturated heterocycles. The molecule has 2 nitrogen and oxygen atoms in total. The highest BCUT2D eigenvalue weighted by Gasteiger charge is 2.10. The topological polar surface area (TPSA) is 34.1 Å². The van der Waals surface area contributed by atoms with Crippen LogP contribution in [0.4, 0.5) is 0 Å². The van der Waals surface area contributed by atoms with Crippen molar-refractivity contribution in [1.29, 1.82) is 0 Å². The summed E-state index contributed by atoms with van der Waals surface area (Å²) in [6, 6.07) is 5.43. The predicted molar refractivity (Wildman–Crippen MR) is 55.8 cm³/mol. The molecule has 0 spiro atoms. The highest BCUT2D eigenvalue weighted by atomic mass is 16.1. The van der Waals surface area contributed by atoms with Crippen molar-refractivity contribution in [3.8, 4) is 0 Å². The van der Waals surface area contributed by atoms with Crippen LogP contribution in [0.1, 0.15) is 47.1 Å². The number of aryl methyl sites for hydroxylation is 1. The number of hydrogen-bond acceptors (Lipinski definition) is 2. The summed E-state index contributed by atoms with van der Waals surface area (Å²) in [6.07, 6.45) is 0.873. The van der Waals surface area contributed by atoms with E-state index in [2.05, 4.69) is 0 Å². The lowest BCUT2D eigenvalue weighted by molar-refractivity contribution is 0.0980. The van der Waals surface area contributed by atoms with Gasteiger partial charge in [0.25, 0.3) is 0 Å². The maximum atomic E-state index is 11.3. The van der Waals surface area contributed by atoms with Crippen LogP contribution in [0.5, 0.6) is 0 Å². The van der Waals surface area contributed by atoms with Crippen molar-refractivity contribution in [1.82, 2.24) is 0 Å². The average Bonchev–Trinajstić information content (AvgIpc) is 2.16. The van der Waals surface area contributed by atoms with Crippen LogP contribution in [0.3, 0.4) is 0 Å². The van der Waals surface area contributed by atoms with Crippen molar-refractivity contribution in [3.05, 3.63) is 34.9 Å². The summed E-state index contributed by atoms with van der Waals surface area (Å²) in [5, 5.41) is 0. The van der Waals surface area contributed by atoms with Crippen molar-refractivity contribution in [2.45, 2.75) is 27.2 Å². The molecule has 74 valence electrons. The van der Waals surface area contributed by atoms with E-state index in [4.69, 9.17) is 0 Å². The fourth-order valence-corrected chi connectivity index (χ4v) is 1.41. The first-order valence-electron chi connectivity index (χ1n) is 4.71. The maximum absolute atomic E-state index is 11.3. The summed E-state index contributed by atoms with van der Waals surface area (Å²) in [5.74, 6) is -0.108. The largest absolute Gasteiger partial charge is 0.294 e. The van der Waals surface area contributed by atoms with Crippen LogP contribution in [0.25, 0.3) is 0 Å². The number of Topliss-reactive ketones (excluding diaryl/α,β-unsaturated/α-hetero) is 2. The molecule has 0 atom stereocenters. The van der Waals surface area contributed by atoms with Crippen LogP contribution >= 0.6 is 0 Å². The van der Waals surface area contributed by atoms with Gasteiger partial charge in [-0.25, -0.2) is 0 Å². The Bertz CT molecular complexity index is 378. The lowest BCUT2D eigenvalue weighted by Gasteiger charge is -2.05. The molecule has 0 aliphatic carbocycles. The molecule has 1 aromatic rings. The lowest BCUT2D eigenvalue weighted by Crippen LogP contribution is -2.04. The minimum absolute atomic E-state index is 0.0505. The van der Waals surface area contributed by atoms with Gasteiger partial charge in [0.05, 0.1) is 0 Å². The van der Waals surface area contributed by atoms with Crippen molar-refractivity contribution in [2.75, 3.05) is 0 Å². The molecule has 0 aliphatic rings. The van der Waals surface area contributed by atoms with Crippen LogP contribution in [0, 0.1) is 0 Å². The Morgan fingerprint density at radius 1 is 1.07 bits per heavy atom. The molecule has 0 aliphatic heterocycles. The molecule has 0 amide bonds. The van der Waals surface area contributed by atoms with Crippen molar-refractivity contribution >= 4 is 11.6 Å². The third-order valence-electron chi connectivity index (χ3n) is 2.25. The second kappa shape index (κ2) is 4.18. The fourth-order valence-electron chi connectivity index (χ4n) is 1.41.